The fourth-order valence-electron chi connectivity index (χ4n) is 6.35. The van der Waals surface area contributed by atoms with Crippen LogP contribution in [-0.2, 0) is 15.1 Å². The van der Waals surface area contributed by atoms with E-state index in [1.165, 1.54) is 37.7 Å². The van der Waals surface area contributed by atoms with Crippen molar-refractivity contribution in [3.63, 3.8) is 0 Å². The lowest BCUT2D eigenvalue weighted by atomic mass is 9.87. The molecule has 6 atom stereocenters. The Morgan fingerprint density at radius 1 is 1.00 bits per heavy atom. The first-order valence-electron chi connectivity index (χ1n) is 10.7. The highest BCUT2D eigenvalue weighted by molar-refractivity contribution is 7.98. The molecule has 0 amide bonds. The molecule has 4 heteroatoms. The van der Waals surface area contributed by atoms with Crippen LogP contribution in [0, 0.1) is 11.8 Å². The van der Waals surface area contributed by atoms with Crippen molar-refractivity contribution < 1.29 is 4.21 Å². The fraction of sp³-hybridized carbons (Fsp3) is 0.696. The van der Waals surface area contributed by atoms with E-state index < -0.39 is 9.71 Å². The van der Waals surface area contributed by atoms with Crippen LogP contribution in [-0.4, -0.2) is 50.5 Å². The van der Waals surface area contributed by atoms with Gasteiger partial charge < -0.3 is 0 Å². The summed E-state index contributed by atoms with van der Waals surface area (Å²) < 4.78 is 15.9. The minimum Gasteiger partial charge on any atom is -0.294 e. The molecule has 4 unspecified atom stereocenters. The van der Waals surface area contributed by atoms with Gasteiger partial charge in [0.2, 0.25) is 0 Å². The summed E-state index contributed by atoms with van der Waals surface area (Å²) >= 11 is 0. The first-order valence-corrected chi connectivity index (χ1v) is 12.4. The van der Waals surface area contributed by atoms with Crippen LogP contribution >= 0.6 is 0 Å². The van der Waals surface area contributed by atoms with E-state index >= 15 is 0 Å². The summed E-state index contributed by atoms with van der Waals surface area (Å²) in [7, 11) is -2.38. The van der Waals surface area contributed by atoms with Crippen molar-refractivity contribution in [3.8, 4) is 0 Å². The predicted octanol–water partition coefficient (Wildman–Crippen LogP) is 3.92. The molecule has 2 aliphatic carbocycles. The van der Waals surface area contributed by atoms with Gasteiger partial charge in [0, 0.05) is 36.1 Å². The van der Waals surface area contributed by atoms with E-state index in [1.54, 1.807) is 0 Å². The third-order valence-electron chi connectivity index (χ3n) is 7.83. The van der Waals surface area contributed by atoms with Gasteiger partial charge in [-0.05, 0) is 66.5 Å². The molecule has 2 heterocycles. The standard InChI is InChI=1S/C23H34N2OS/c1-23(2,3)18-7-9-21(10-8-18)27(4,26)25-15-19-13-20(25)14-24(19)22-12-16-5-6-17(22)11-16/h7-10,16-17,19-20,22H,4-6,11-15H2,1-3H3/t16?,17?,19-,20-,22?,27?/m0/s1. The maximum atomic E-state index is 13.7. The van der Waals surface area contributed by atoms with Gasteiger partial charge in [0.15, 0.2) is 0 Å². The van der Waals surface area contributed by atoms with Crippen molar-refractivity contribution in [1.29, 1.82) is 0 Å². The average molecular weight is 387 g/mol. The van der Waals surface area contributed by atoms with Gasteiger partial charge in [-0.2, -0.15) is 0 Å². The quantitative estimate of drug-likeness (QED) is 0.735. The monoisotopic (exact) mass is 386 g/mol. The Morgan fingerprint density at radius 2 is 1.74 bits per heavy atom. The highest BCUT2D eigenvalue weighted by Gasteiger charge is 2.52. The minimum absolute atomic E-state index is 0.120. The molecule has 1 aromatic carbocycles. The number of hydrogen-bond acceptors (Lipinski definition) is 2. The maximum Gasteiger partial charge on any atom is 0.0562 e. The number of likely N-dealkylation sites (tertiary alicyclic amines) is 1. The van der Waals surface area contributed by atoms with Crippen molar-refractivity contribution in [2.24, 2.45) is 11.8 Å². The van der Waals surface area contributed by atoms with E-state index in [2.05, 4.69) is 60.1 Å². The summed E-state index contributed by atoms with van der Waals surface area (Å²) in [4.78, 5) is 3.69. The van der Waals surface area contributed by atoms with Gasteiger partial charge in [-0.3, -0.25) is 4.90 Å². The van der Waals surface area contributed by atoms with Crippen LogP contribution < -0.4 is 0 Å². The summed E-state index contributed by atoms with van der Waals surface area (Å²) in [6, 6.07) is 10.2. The Kier molecular flexibility index (Phi) is 4.10. The van der Waals surface area contributed by atoms with E-state index in [9.17, 15) is 4.21 Å². The summed E-state index contributed by atoms with van der Waals surface area (Å²) in [6.07, 6.45) is 6.97. The molecule has 2 saturated heterocycles. The first kappa shape index (κ1) is 18.2. The number of rotatable bonds is 3. The highest BCUT2D eigenvalue weighted by Crippen LogP contribution is 2.49. The Labute approximate surface area is 165 Å². The first-order chi connectivity index (χ1) is 12.7. The Morgan fingerprint density at radius 3 is 2.26 bits per heavy atom. The second-order valence-electron chi connectivity index (χ2n) is 10.5. The molecule has 0 radical (unpaired) electrons. The maximum absolute atomic E-state index is 13.7. The van der Waals surface area contributed by atoms with Gasteiger partial charge in [0.25, 0.3) is 0 Å². The van der Waals surface area contributed by atoms with Crippen LogP contribution in [0.5, 0.6) is 0 Å². The zero-order valence-corrected chi connectivity index (χ0v) is 17.9. The largest absolute Gasteiger partial charge is 0.294 e. The summed E-state index contributed by atoms with van der Waals surface area (Å²) in [5.41, 5.74) is 1.40. The van der Waals surface area contributed by atoms with E-state index in [0.29, 0.717) is 12.1 Å². The van der Waals surface area contributed by atoms with Crippen LogP contribution in [0.25, 0.3) is 0 Å². The molecule has 4 fully saturated rings. The lowest BCUT2D eigenvalue weighted by Gasteiger charge is -2.41. The third kappa shape index (κ3) is 2.90. The number of benzene rings is 1. The normalized spacial score (nSPS) is 38.6. The molecule has 5 rings (SSSR count). The highest BCUT2D eigenvalue weighted by atomic mass is 32.2. The van der Waals surface area contributed by atoms with E-state index in [0.717, 1.165) is 35.9 Å². The summed E-state index contributed by atoms with van der Waals surface area (Å²) in [5, 5.41) is 0. The van der Waals surface area contributed by atoms with Gasteiger partial charge in [0.05, 0.1) is 9.71 Å². The minimum atomic E-state index is -2.38. The smallest absolute Gasteiger partial charge is 0.0562 e. The molecule has 0 spiro atoms. The van der Waals surface area contributed by atoms with Gasteiger partial charge >= 0.3 is 0 Å². The SMILES string of the molecule is C=S(=O)(c1ccc(C(C)(C)C)cc1)N1C[C@@H]2C[C@H]1CN2C1CC2CCC1C2. The zero-order chi connectivity index (χ0) is 19.0. The van der Waals surface area contributed by atoms with Gasteiger partial charge in [0.1, 0.15) is 0 Å². The van der Waals surface area contributed by atoms with Crippen molar-refractivity contribution in [1.82, 2.24) is 9.21 Å². The Bertz CT molecular complexity index is 823. The fourth-order valence-corrected chi connectivity index (χ4v) is 8.23. The molecular formula is C23H34N2OS. The Hall–Kier alpha value is -0.840. The summed E-state index contributed by atoms with van der Waals surface area (Å²) in [6.45, 7) is 8.68. The molecular weight excluding hydrogens is 352 g/mol. The number of piperazine rings is 1. The van der Waals surface area contributed by atoms with Crippen LogP contribution in [0.15, 0.2) is 29.2 Å². The lowest BCUT2D eigenvalue weighted by Crippen LogP contribution is -2.53. The van der Waals surface area contributed by atoms with Crippen LogP contribution in [0.1, 0.15) is 58.4 Å². The molecule has 2 saturated carbocycles. The van der Waals surface area contributed by atoms with E-state index in [4.69, 9.17) is 0 Å². The zero-order valence-electron chi connectivity index (χ0n) is 17.1. The average Bonchev–Trinajstić information content (AvgIpc) is 3.40. The topological polar surface area (TPSA) is 23.6 Å². The molecule has 4 aliphatic rings. The molecule has 2 aliphatic heterocycles. The van der Waals surface area contributed by atoms with Gasteiger partial charge in [-0.1, -0.05) is 39.3 Å². The van der Waals surface area contributed by atoms with Gasteiger partial charge in [-0.15, -0.1) is 0 Å². The van der Waals surface area contributed by atoms with Crippen LogP contribution in [0.4, 0.5) is 0 Å². The second kappa shape index (κ2) is 6.08. The predicted molar refractivity (Wildman–Crippen MR) is 114 cm³/mol. The Balaban J connectivity index is 1.32. The molecule has 0 aromatic heterocycles. The summed E-state index contributed by atoms with van der Waals surface area (Å²) in [5.74, 6) is 6.16. The van der Waals surface area contributed by atoms with Crippen molar-refractivity contribution in [3.05, 3.63) is 29.8 Å². The lowest BCUT2D eigenvalue weighted by molar-refractivity contribution is 0.0946. The van der Waals surface area contributed by atoms with Crippen molar-refractivity contribution >= 4 is 15.6 Å². The molecule has 4 bridgehead atoms. The van der Waals surface area contributed by atoms with Crippen molar-refractivity contribution in [2.75, 3.05) is 13.1 Å². The second-order valence-corrected chi connectivity index (χ2v) is 12.7. The molecule has 27 heavy (non-hydrogen) atoms. The third-order valence-corrected chi connectivity index (χ3v) is 10.0. The van der Waals surface area contributed by atoms with Gasteiger partial charge in [-0.25, -0.2) is 8.51 Å². The molecule has 0 N–H and O–H groups in total. The number of fused-ring (bicyclic) bond motifs is 4. The molecule has 148 valence electrons. The van der Waals surface area contributed by atoms with E-state index in [-0.39, 0.29) is 5.41 Å². The number of nitrogens with zero attached hydrogens (tertiary/aromatic N) is 2. The van der Waals surface area contributed by atoms with Crippen LogP contribution in [0.3, 0.4) is 0 Å². The van der Waals surface area contributed by atoms with Crippen LogP contribution in [0.2, 0.25) is 0 Å². The number of hydrogen-bond donors (Lipinski definition) is 0. The molecule has 3 nitrogen and oxygen atoms in total. The molecule has 1 aromatic rings. The van der Waals surface area contributed by atoms with E-state index in [1.807, 2.05) is 0 Å². The van der Waals surface area contributed by atoms with Crippen molar-refractivity contribution in [2.45, 2.75) is 81.3 Å².